The summed E-state index contributed by atoms with van der Waals surface area (Å²) in [6, 6.07) is 12.9. The van der Waals surface area contributed by atoms with Crippen molar-refractivity contribution in [3.05, 3.63) is 75.6 Å². The lowest BCUT2D eigenvalue weighted by Crippen LogP contribution is -2.41. The van der Waals surface area contributed by atoms with Gasteiger partial charge in [0.05, 0.1) is 12.3 Å². The van der Waals surface area contributed by atoms with Gasteiger partial charge in [0.2, 0.25) is 0 Å². The van der Waals surface area contributed by atoms with E-state index < -0.39 is 11.6 Å². The van der Waals surface area contributed by atoms with Crippen molar-refractivity contribution in [2.45, 2.75) is 52.7 Å². The van der Waals surface area contributed by atoms with Gasteiger partial charge in [0.1, 0.15) is 11.3 Å². The quantitative estimate of drug-likeness (QED) is 0.415. The van der Waals surface area contributed by atoms with Gasteiger partial charge in [0.25, 0.3) is 5.91 Å². The van der Waals surface area contributed by atoms with Gasteiger partial charge >= 0.3 is 12.1 Å². The largest absolute Gasteiger partial charge is 0.461 e. The minimum Gasteiger partial charge on any atom is -0.461 e. The lowest BCUT2D eigenvalue weighted by Gasteiger charge is -2.33. The molecular formula is C29H31ClN4O5. The SMILES string of the molecule is CCOC(=O)c1nn(-c2cccc(Cl)c2)c2c1CCN(c1ccc3c(c1)CN(C(=O)OC(C)(C)C)CC3)C2=O. The lowest BCUT2D eigenvalue weighted by atomic mass is 9.97. The molecule has 204 valence electrons. The van der Waals surface area contributed by atoms with Gasteiger partial charge in [-0.05, 0) is 82.0 Å². The Morgan fingerprint density at radius 3 is 2.54 bits per heavy atom. The van der Waals surface area contributed by atoms with Crippen LogP contribution in [0.4, 0.5) is 10.5 Å². The number of carbonyl (C=O) groups excluding carboxylic acids is 3. The molecule has 3 aromatic rings. The van der Waals surface area contributed by atoms with Crippen LogP contribution in [0, 0.1) is 0 Å². The summed E-state index contributed by atoms with van der Waals surface area (Å²) in [5.74, 6) is -0.842. The third-order valence-electron chi connectivity index (χ3n) is 6.70. The number of nitrogens with zero attached hydrogens (tertiary/aromatic N) is 4. The highest BCUT2D eigenvalue weighted by Crippen LogP contribution is 2.32. The molecular weight excluding hydrogens is 520 g/mol. The summed E-state index contributed by atoms with van der Waals surface area (Å²) < 4.78 is 12.3. The zero-order valence-corrected chi connectivity index (χ0v) is 23.2. The fraction of sp³-hybridized carbons (Fsp3) is 0.379. The molecule has 0 saturated heterocycles. The van der Waals surface area contributed by atoms with Crippen LogP contribution >= 0.6 is 11.6 Å². The Labute approximate surface area is 232 Å². The van der Waals surface area contributed by atoms with Gasteiger partial charge in [-0.1, -0.05) is 23.7 Å². The van der Waals surface area contributed by atoms with E-state index in [0.717, 1.165) is 11.1 Å². The molecule has 3 heterocycles. The predicted octanol–water partition coefficient (Wildman–Crippen LogP) is 5.20. The number of fused-ring (bicyclic) bond motifs is 2. The number of esters is 1. The fourth-order valence-corrected chi connectivity index (χ4v) is 5.14. The fourth-order valence-electron chi connectivity index (χ4n) is 4.96. The number of halogens is 1. The number of aromatic nitrogens is 2. The Bertz CT molecular complexity index is 1460. The number of amides is 2. The summed E-state index contributed by atoms with van der Waals surface area (Å²) in [6.45, 7) is 8.81. The summed E-state index contributed by atoms with van der Waals surface area (Å²) in [6.07, 6.45) is 0.781. The molecule has 2 aromatic carbocycles. The molecule has 39 heavy (non-hydrogen) atoms. The van der Waals surface area contributed by atoms with Crippen molar-refractivity contribution in [3.63, 3.8) is 0 Å². The maximum Gasteiger partial charge on any atom is 0.410 e. The molecule has 0 atom stereocenters. The molecule has 2 aliphatic rings. The highest BCUT2D eigenvalue weighted by Gasteiger charge is 2.36. The summed E-state index contributed by atoms with van der Waals surface area (Å²) in [5, 5.41) is 4.99. The highest BCUT2D eigenvalue weighted by atomic mass is 35.5. The van der Waals surface area contributed by atoms with E-state index in [9.17, 15) is 14.4 Å². The topological polar surface area (TPSA) is 94.0 Å². The van der Waals surface area contributed by atoms with Gasteiger partial charge in [-0.15, -0.1) is 0 Å². The van der Waals surface area contributed by atoms with Crippen molar-refractivity contribution < 1.29 is 23.9 Å². The summed E-state index contributed by atoms with van der Waals surface area (Å²) >= 11 is 6.23. The molecule has 2 aliphatic heterocycles. The molecule has 0 bridgehead atoms. The van der Waals surface area contributed by atoms with Crippen LogP contribution in [0.2, 0.25) is 5.02 Å². The van der Waals surface area contributed by atoms with Crippen LogP contribution in [0.15, 0.2) is 42.5 Å². The number of rotatable bonds is 4. The lowest BCUT2D eigenvalue weighted by molar-refractivity contribution is 0.0223. The van der Waals surface area contributed by atoms with Crippen molar-refractivity contribution in [1.29, 1.82) is 0 Å². The normalized spacial score (nSPS) is 15.1. The molecule has 1 aromatic heterocycles. The van der Waals surface area contributed by atoms with Crippen molar-refractivity contribution in [3.8, 4) is 5.69 Å². The molecule has 0 spiro atoms. The van der Waals surface area contributed by atoms with Gasteiger partial charge < -0.3 is 19.3 Å². The second-order valence-electron chi connectivity index (χ2n) is 10.6. The first-order valence-corrected chi connectivity index (χ1v) is 13.4. The Balaban J connectivity index is 1.49. The van der Waals surface area contributed by atoms with Crippen molar-refractivity contribution in [2.24, 2.45) is 0 Å². The molecule has 0 aliphatic carbocycles. The summed E-state index contributed by atoms with van der Waals surface area (Å²) in [5.41, 5.74) is 3.82. The number of carbonyl (C=O) groups is 3. The molecule has 2 amide bonds. The Morgan fingerprint density at radius 1 is 1.03 bits per heavy atom. The Hall–Kier alpha value is -3.85. The molecule has 10 heteroatoms. The van der Waals surface area contributed by atoms with E-state index in [1.54, 1.807) is 41.0 Å². The maximum atomic E-state index is 14.0. The average molecular weight is 551 g/mol. The molecule has 0 N–H and O–H groups in total. The van der Waals surface area contributed by atoms with Crippen LogP contribution in [-0.2, 0) is 28.9 Å². The summed E-state index contributed by atoms with van der Waals surface area (Å²) in [7, 11) is 0. The zero-order valence-electron chi connectivity index (χ0n) is 22.5. The van der Waals surface area contributed by atoms with Crippen LogP contribution in [0.3, 0.4) is 0 Å². The second kappa shape index (κ2) is 10.4. The van der Waals surface area contributed by atoms with Crippen LogP contribution < -0.4 is 4.90 Å². The van der Waals surface area contributed by atoms with E-state index in [-0.39, 0.29) is 24.3 Å². The standard InChI is InChI=1S/C29H31ClN4O5/c1-5-38-27(36)24-23-12-14-33(26(35)25(23)34(31-24)22-8-6-7-20(30)16-22)21-10-9-18-11-13-32(17-19(18)15-21)28(37)39-29(2,3)4/h6-10,15-16H,5,11-14,17H2,1-4H3. The highest BCUT2D eigenvalue weighted by molar-refractivity contribution is 6.30. The van der Waals surface area contributed by atoms with E-state index in [1.807, 2.05) is 39.0 Å². The number of anilines is 1. The third-order valence-corrected chi connectivity index (χ3v) is 6.94. The molecule has 0 fully saturated rings. The zero-order chi connectivity index (χ0) is 27.9. The molecule has 0 unspecified atom stereocenters. The number of benzene rings is 2. The van der Waals surface area contributed by atoms with Gasteiger partial charge in [-0.25, -0.2) is 14.3 Å². The first kappa shape index (κ1) is 26.7. The van der Waals surface area contributed by atoms with Crippen LogP contribution in [0.1, 0.15) is 65.4 Å². The Morgan fingerprint density at radius 2 is 1.82 bits per heavy atom. The van der Waals surface area contributed by atoms with Crippen molar-refractivity contribution in [2.75, 3.05) is 24.6 Å². The second-order valence-corrected chi connectivity index (χ2v) is 11.0. The van der Waals surface area contributed by atoms with E-state index in [4.69, 9.17) is 21.1 Å². The molecule has 9 nitrogen and oxygen atoms in total. The maximum absolute atomic E-state index is 14.0. The van der Waals surface area contributed by atoms with E-state index in [2.05, 4.69) is 5.10 Å². The predicted molar refractivity (Wildman–Crippen MR) is 147 cm³/mol. The molecule has 0 radical (unpaired) electrons. The smallest absolute Gasteiger partial charge is 0.410 e. The van der Waals surface area contributed by atoms with Crippen LogP contribution in [0.5, 0.6) is 0 Å². The average Bonchev–Trinajstić information content (AvgIpc) is 3.28. The monoisotopic (exact) mass is 550 g/mol. The number of hydrogen-bond acceptors (Lipinski definition) is 6. The Kier molecular flexibility index (Phi) is 7.11. The summed E-state index contributed by atoms with van der Waals surface area (Å²) in [4.78, 5) is 42.8. The minimum absolute atomic E-state index is 0.137. The van der Waals surface area contributed by atoms with Gasteiger partial charge in [-0.2, -0.15) is 5.10 Å². The first-order chi connectivity index (χ1) is 18.6. The van der Waals surface area contributed by atoms with Gasteiger partial charge in [-0.3, -0.25) is 4.79 Å². The van der Waals surface area contributed by atoms with Crippen LogP contribution in [0.25, 0.3) is 5.69 Å². The van der Waals surface area contributed by atoms with E-state index >= 15 is 0 Å². The van der Waals surface area contributed by atoms with E-state index in [1.165, 1.54) is 4.68 Å². The van der Waals surface area contributed by atoms with Crippen LogP contribution in [-0.4, -0.2) is 57.9 Å². The van der Waals surface area contributed by atoms with Gasteiger partial charge in [0.15, 0.2) is 5.69 Å². The van der Waals surface area contributed by atoms with Gasteiger partial charge in [0, 0.05) is 35.9 Å². The van der Waals surface area contributed by atoms with Crippen molar-refractivity contribution in [1.82, 2.24) is 14.7 Å². The molecule has 0 saturated carbocycles. The molecule has 5 rings (SSSR count). The number of hydrogen-bond donors (Lipinski definition) is 0. The minimum atomic E-state index is -0.578. The third kappa shape index (κ3) is 5.36. The van der Waals surface area contributed by atoms with E-state index in [0.29, 0.717) is 60.1 Å². The number of ether oxygens (including phenoxy) is 2. The first-order valence-electron chi connectivity index (χ1n) is 13.0. The van der Waals surface area contributed by atoms with Crippen molar-refractivity contribution >= 4 is 35.3 Å².